The highest BCUT2D eigenvalue weighted by molar-refractivity contribution is 7.99. The van der Waals surface area contributed by atoms with Crippen molar-refractivity contribution in [2.75, 3.05) is 31.6 Å². The van der Waals surface area contributed by atoms with Gasteiger partial charge in [0.05, 0.1) is 12.0 Å². The van der Waals surface area contributed by atoms with Crippen LogP contribution < -0.4 is 0 Å². The molecule has 114 valence electrons. The molecule has 21 heavy (non-hydrogen) atoms. The lowest BCUT2D eigenvalue weighted by Gasteiger charge is -2.35. The second-order valence-electron chi connectivity index (χ2n) is 5.75. The lowest BCUT2D eigenvalue weighted by Crippen LogP contribution is -2.44. The summed E-state index contributed by atoms with van der Waals surface area (Å²) in [6.45, 7) is 3.17. The molecule has 2 aliphatic rings. The van der Waals surface area contributed by atoms with E-state index in [1.165, 1.54) is 0 Å². The number of thioether (sulfide) groups is 1. The summed E-state index contributed by atoms with van der Waals surface area (Å²) in [6, 6.07) is 3.88. The van der Waals surface area contributed by atoms with Gasteiger partial charge < -0.3 is 14.2 Å². The maximum absolute atomic E-state index is 12.8. The van der Waals surface area contributed by atoms with E-state index in [1.54, 1.807) is 11.9 Å². The van der Waals surface area contributed by atoms with Crippen molar-refractivity contribution in [3.63, 3.8) is 0 Å². The van der Waals surface area contributed by atoms with Crippen LogP contribution in [-0.2, 0) is 9.59 Å². The molecule has 0 saturated carbocycles. The molecule has 3 rings (SSSR count). The third-order valence-corrected chi connectivity index (χ3v) is 5.21. The molecular weight excluding hydrogens is 288 g/mol. The number of likely N-dealkylation sites (tertiary alicyclic amines) is 1. The molecule has 0 radical (unpaired) electrons. The van der Waals surface area contributed by atoms with Gasteiger partial charge in [0.15, 0.2) is 0 Å². The fraction of sp³-hybridized carbons (Fsp3) is 0.600. The standard InChI is InChI=1S/C15H20N2O3S/c1-10-3-4-13(20-10)12-9-21-6-5-17(12)15(19)11-7-14(18)16(2)8-11/h3-4,11-12H,5-9H2,1-2H3. The molecule has 2 aliphatic heterocycles. The van der Waals surface area contributed by atoms with E-state index in [0.717, 1.165) is 29.6 Å². The Labute approximate surface area is 128 Å². The predicted octanol–water partition coefficient (Wildman–Crippen LogP) is 1.68. The van der Waals surface area contributed by atoms with Gasteiger partial charge in [0.1, 0.15) is 11.5 Å². The Balaban J connectivity index is 1.78. The highest BCUT2D eigenvalue weighted by Crippen LogP contribution is 2.33. The van der Waals surface area contributed by atoms with Crippen molar-refractivity contribution >= 4 is 23.6 Å². The summed E-state index contributed by atoms with van der Waals surface area (Å²) in [5.74, 6) is 3.46. The molecule has 0 N–H and O–H groups in total. The van der Waals surface area contributed by atoms with Gasteiger partial charge >= 0.3 is 0 Å². The molecule has 2 atom stereocenters. The lowest BCUT2D eigenvalue weighted by atomic mass is 10.1. The molecule has 6 heteroatoms. The van der Waals surface area contributed by atoms with E-state index in [9.17, 15) is 9.59 Å². The number of hydrogen-bond donors (Lipinski definition) is 0. The molecule has 0 bridgehead atoms. The topological polar surface area (TPSA) is 53.8 Å². The van der Waals surface area contributed by atoms with Gasteiger partial charge in [-0.15, -0.1) is 0 Å². The Morgan fingerprint density at radius 3 is 2.86 bits per heavy atom. The third kappa shape index (κ3) is 2.81. The lowest BCUT2D eigenvalue weighted by molar-refractivity contribution is -0.138. The number of furan rings is 1. The van der Waals surface area contributed by atoms with Gasteiger partial charge in [0, 0.05) is 38.1 Å². The molecule has 1 aromatic heterocycles. The summed E-state index contributed by atoms with van der Waals surface area (Å²) >= 11 is 1.84. The summed E-state index contributed by atoms with van der Waals surface area (Å²) in [6.07, 6.45) is 0.336. The molecule has 3 heterocycles. The average Bonchev–Trinajstić information content (AvgIpc) is 3.05. The van der Waals surface area contributed by atoms with Crippen LogP contribution in [-0.4, -0.2) is 53.3 Å². The SMILES string of the molecule is Cc1ccc(C2CSCCN2C(=O)C2CC(=O)N(C)C2)o1. The minimum absolute atomic E-state index is 0.00837. The summed E-state index contributed by atoms with van der Waals surface area (Å²) in [4.78, 5) is 28.0. The van der Waals surface area contributed by atoms with Gasteiger partial charge in [0.2, 0.25) is 11.8 Å². The predicted molar refractivity (Wildman–Crippen MR) is 81.0 cm³/mol. The van der Waals surface area contributed by atoms with E-state index in [1.807, 2.05) is 35.7 Å². The van der Waals surface area contributed by atoms with Gasteiger partial charge in [-0.1, -0.05) is 0 Å². The molecule has 0 aromatic carbocycles. The summed E-state index contributed by atoms with van der Waals surface area (Å²) < 4.78 is 5.72. The Morgan fingerprint density at radius 1 is 1.43 bits per heavy atom. The van der Waals surface area contributed by atoms with E-state index in [0.29, 0.717) is 13.0 Å². The smallest absolute Gasteiger partial charge is 0.228 e. The zero-order valence-corrected chi connectivity index (χ0v) is 13.2. The summed E-state index contributed by atoms with van der Waals surface area (Å²) in [5, 5.41) is 0. The summed E-state index contributed by atoms with van der Waals surface area (Å²) in [5.41, 5.74) is 0. The number of carbonyl (C=O) groups excluding carboxylic acids is 2. The van der Waals surface area contributed by atoms with Gasteiger partial charge in [-0.25, -0.2) is 0 Å². The van der Waals surface area contributed by atoms with Crippen molar-refractivity contribution in [2.45, 2.75) is 19.4 Å². The van der Waals surface area contributed by atoms with Crippen LogP contribution in [0.25, 0.3) is 0 Å². The van der Waals surface area contributed by atoms with E-state index >= 15 is 0 Å². The fourth-order valence-corrected chi connectivity index (χ4v) is 4.06. The fourth-order valence-electron chi connectivity index (χ4n) is 3.00. The highest BCUT2D eigenvalue weighted by Gasteiger charge is 2.39. The molecule has 2 amide bonds. The van der Waals surface area contributed by atoms with E-state index in [-0.39, 0.29) is 23.8 Å². The van der Waals surface area contributed by atoms with Crippen LogP contribution in [0.2, 0.25) is 0 Å². The van der Waals surface area contributed by atoms with Gasteiger partial charge in [-0.3, -0.25) is 9.59 Å². The maximum atomic E-state index is 12.8. The summed E-state index contributed by atoms with van der Waals surface area (Å²) in [7, 11) is 1.76. The van der Waals surface area contributed by atoms with Crippen LogP contribution in [0.4, 0.5) is 0 Å². The molecule has 2 unspecified atom stereocenters. The van der Waals surface area contributed by atoms with Crippen LogP contribution in [0, 0.1) is 12.8 Å². The average molecular weight is 308 g/mol. The van der Waals surface area contributed by atoms with E-state index < -0.39 is 0 Å². The number of aryl methyl sites for hydroxylation is 1. The van der Waals surface area contributed by atoms with Crippen LogP contribution in [0.3, 0.4) is 0 Å². The van der Waals surface area contributed by atoms with Gasteiger partial charge in [0.25, 0.3) is 0 Å². The van der Waals surface area contributed by atoms with E-state index in [4.69, 9.17) is 4.42 Å². The molecule has 1 aromatic rings. The van der Waals surface area contributed by atoms with Crippen molar-refractivity contribution in [1.82, 2.24) is 9.80 Å². The number of hydrogen-bond acceptors (Lipinski definition) is 4. The number of carbonyl (C=O) groups is 2. The van der Waals surface area contributed by atoms with E-state index in [2.05, 4.69) is 0 Å². The number of rotatable bonds is 2. The van der Waals surface area contributed by atoms with Crippen molar-refractivity contribution < 1.29 is 14.0 Å². The first-order valence-corrected chi connectivity index (χ1v) is 8.40. The van der Waals surface area contributed by atoms with Crippen molar-refractivity contribution in [3.05, 3.63) is 23.7 Å². The molecular formula is C15H20N2O3S. The van der Waals surface area contributed by atoms with Crippen molar-refractivity contribution in [3.8, 4) is 0 Å². The molecule has 0 spiro atoms. The van der Waals surface area contributed by atoms with Crippen molar-refractivity contribution in [2.24, 2.45) is 5.92 Å². The van der Waals surface area contributed by atoms with Gasteiger partial charge in [-0.2, -0.15) is 11.8 Å². The Hall–Kier alpha value is -1.43. The second-order valence-corrected chi connectivity index (χ2v) is 6.90. The Morgan fingerprint density at radius 2 is 2.24 bits per heavy atom. The van der Waals surface area contributed by atoms with Crippen molar-refractivity contribution in [1.29, 1.82) is 0 Å². The first-order chi connectivity index (χ1) is 10.1. The van der Waals surface area contributed by atoms with Gasteiger partial charge in [-0.05, 0) is 19.1 Å². The van der Waals surface area contributed by atoms with Crippen LogP contribution in [0.15, 0.2) is 16.5 Å². The number of amides is 2. The van der Waals surface area contributed by atoms with Crippen LogP contribution in [0.1, 0.15) is 24.0 Å². The molecule has 0 aliphatic carbocycles. The minimum atomic E-state index is -0.204. The molecule has 5 nitrogen and oxygen atoms in total. The van der Waals surface area contributed by atoms with Crippen LogP contribution >= 0.6 is 11.8 Å². The first-order valence-electron chi connectivity index (χ1n) is 7.25. The zero-order valence-electron chi connectivity index (χ0n) is 12.4. The third-order valence-electron chi connectivity index (χ3n) is 4.19. The zero-order chi connectivity index (χ0) is 15.0. The normalized spacial score (nSPS) is 26.5. The monoisotopic (exact) mass is 308 g/mol. The Bertz CT molecular complexity index is 557. The first kappa shape index (κ1) is 14.5. The number of nitrogens with zero attached hydrogens (tertiary/aromatic N) is 2. The second kappa shape index (κ2) is 5.75. The maximum Gasteiger partial charge on any atom is 0.228 e. The molecule has 2 saturated heterocycles. The minimum Gasteiger partial charge on any atom is -0.464 e. The molecule has 2 fully saturated rings. The quantitative estimate of drug-likeness (QED) is 0.834. The highest BCUT2D eigenvalue weighted by atomic mass is 32.2. The largest absolute Gasteiger partial charge is 0.464 e. The Kier molecular flexibility index (Phi) is 3.97. The van der Waals surface area contributed by atoms with Crippen LogP contribution in [0.5, 0.6) is 0 Å².